The Bertz CT molecular complexity index is 876. The predicted molar refractivity (Wildman–Crippen MR) is 95.5 cm³/mol. The van der Waals surface area contributed by atoms with Crippen LogP contribution in [0.15, 0.2) is 36.7 Å². The van der Waals surface area contributed by atoms with E-state index in [2.05, 4.69) is 20.4 Å². The van der Waals surface area contributed by atoms with E-state index < -0.39 is 0 Å². The first-order valence-corrected chi connectivity index (χ1v) is 7.91. The van der Waals surface area contributed by atoms with Crippen LogP contribution < -0.4 is 14.8 Å². The van der Waals surface area contributed by atoms with Gasteiger partial charge >= 0.3 is 0 Å². The monoisotopic (exact) mass is 339 g/mol. The zero-order valence-corrected chi connectivity index (χ0v) is 14.8. The van der Waals surface area contributed by atoms with Crippen molar-refractivity contribution in [1.82, 2.24) is 19.7 Å². The van der Waals surface area contributed by atoms with Gasteiger partial charge in [0.05, 0.1) is 19.9 Å². The summed E-state index contributed by atoms with van der Waals surface area (Å²) in [4.78, 5) is 8.58. The molecule has 25 heavy (non-hydrogen) atoms. The summed E-state index contributed by atoms with van der Waals surface area (Å²) >= 11 is 0. The van der Waals surface area contributed by atoms with E-state index in [1.54, 1.807) is 18.9 Å². The zero-order valence-electron chi connectivity index (χ0n) is 14.8. The molecule has 130 valence electrons. The molecule has 7 nitrogen and oxygen atoms in total. The van der Waals surface area contributed by atoms with Gasteiger partial charge in [-0.1, -0.05) is 0 Å². The van der Waals surface area contributed by atoms with Crippen molar-refractivity contribution in [2.45, 2.75) is 20.4 Å². The number of hydrogen-bond donors (Lipinski definition) is 1. The predicted octanol–water partition coefficient (Wildman–Crippen LogP) is 2.91. The van der Waals surface area contributed by atoms with Crippen LogP contribution in [0.4, 0.5) is 5.82 Å². The van der Waals surface area contributed by atoms with E-state index in [4.69, 9.17) is 9.47 Å². The van der Waals surface area contributed by atoms with Crippen LogP contribution in [0.3, 0.4) is 0 Å². The SMILES string of the molecule is COc1ccc(CNc2cc(-n3nc(C)cc3C)ncn2)c(OC)c1. The van der Waals surface area contributed by atoms with Crippen molar-refractivity contribution in [2.75, 3.05) is 19.5 Å². The highest BCUT2D eigenvalue weighted by atomic mass is 16.5. The first-order valence-electron chi connectivity index (χ1n) is 7.91. The van der Waals surface area contributed by atoms with Crippen LogP contribution in [-0.2, 0) is 6.54 Å². The zero-order chi connectivity index (χ0) is 17.8. The van der Waals surface area contributed by atoms with Crippen LogP contribution in [0.1, 0.15) is 17.0 Å². The van der Waals surface area contributed by atoms with Gasteiger partial charge in [0.15, 0.2) is 5.82 Å². The van der Waals surface area contributed by atoms with Gasteiger partial charge in [0.1, 0.15) is 23.6 Å². The van der Waals surface area contributed by atoms with E-state index in [0.717, 1.165) is 40.1 Å². The Kier molecular flexibility index (Phi) is 4.83. The minimum absolute atomic E-state index is 0.570. The Morgan fingerprint density at radius 3 is 2.56 bits per heavy atom. The molecule has 0 atom stereocenters. The van der Waals surface area contributed by atoms with Crippen LogP contribution >= 0.6 is 0 Å². The number of anilines is 1. The number of methoxy groups -OCH3 is 2. The summed E-state index contributed by atoms with van der Waals surface area (Å²) in [5.74, 6) is 2.97. The topological polar surface area (TPSA) is 74.1 Å². The maximum absolute atomic E-state index is 5.42. The van der Waals surface area contributed by atoms with E-state index in [1.807, 2.05) is 44.2 Å². The van der Waals surface area contributed by atoms with E-state index in [0.29, 0.717) is 6.54 Å². The Morgan fingerprint density at radius 1 is 1.04 bits per heavy atom. The molecule has 1 aromatic carbocycles. The highest BCUT2D eigenvalue weighted by molar-refractivity contribution is 5.45. The average molecular weight is 339 g/mol. The summed E-state index contributed by atoms with van der Waals surface area (Å²) in [7, 11) is 3.28. The van der Waals surface area contributed by atoms with E-state index in [1.165, 1.54) is 6.33 Å². The lowest BCUT2D eigenvalue weighted by molar-refractivity contribution is 0.391. The van der Waals surface area contributed by atoms with E-state index in [-0.39, 0.29) is 0 Å². The molecule has 0 saturated carbocycles. The molecule has 0 bridgehead atoms. The fourth-order valence-electron chi connectivity index (χ4n) is 2.60. The molecule has 1 N–H and O–H groups in total. The van der Waals surface area contributed by atoms with Gasteiger partial charge in [0, 0.05) is 29.9 Å². The second-order valence-corrected chi connectivity index (χ2v) is 5.63. The molecule has 0 unspecified atom stereocenters. The molecule has 0 amide bonds. The molecule has 0 aliphatic carbocycles. The maximum atomic E-state index is 5.42. The first-order chi connectivity index (χ1) is 12.1. The Labute approximate surface area is 146 Å². The van der Waals surface area contributed by atoms with Crippen molar-refractivity contribution in [2.24, 2.45) is 0 Å². The summed E-state index contributed by atoms with van der Waals surface area (Å²) in [6, 6.07) is 9.61. The van der Waals surface area contributed by atoms with Crippen LogP contribution in [0.2, 0.25) is 0 Å². The fourth-order valence-corrected chi connectivity index (χ4v) is 2.60. The Balaban J connectivity index is 1.78. The number of ether oxygens (including phenoxy) is 2. The normalized spacial score (nSPS) is 10.6. The van der Waals surface area contributed by atoms with Crippen molar-refractivity contribution >= 4 is 5.82 Å². The van der Waals surface area contributed by atoms with Crippen molar-refractivity contribution in [3.8, 4) is 17.3 Å². The third-order valence-corrected chi connectivity index (χ3v) is 3.83. The number of hydrogen-bond acceptors (Lipinski definition) is 6. The van der Waals surface area contributed by atoms with E-state index >= 15 is 0 Å². The van der Waals surface area contributed by atoms with Crippen LogP contribution in [0, 0.1) is 13.8 Å². The van der Waals surface area contributed by atoms with Gasteiger partial charge in [-0.15, -0.1) is 0 Å². The summed E-state index contributed by atoms with van der Waals surface area (Å²) in [5, 5.41) is 7.75. The molecule has 2 aromatic heterocycles. The minimum atomic E-state index is 0.570. The number of rotatable bonds is 6. The molecule has 0 spiro atoms. The van der Waals surface area contributed by atoms with Gasteiger partial charge in [-0.05, 0) is 32.0 Å². The molecular formula is C18H21N5O2. The number of aryl methyl sites for hydroxylation is 2. The van der Waals surface area contributed by atoms with Crippen molar-refractivity contribution in [1.29, 1.82) is 0 Å². The molecule has 3 rings (SSSR count). The van der Waals surface area contributed by atoms with Gasteiger partial charge < -0.3 is 14.8 Å². The second kappa shape index (κ2) is 7.21. The highest BCUT2D eigenvalue weighted by Gasteiger charge is 2.08. The largest absolute Gasteiger partial charge is 0.497 e. The average Bonchev–Trinajstić information content (AvgIpc) is 2.98. The van der Waals surface area contributed by atoms with Crippen LogP contribution in [-0.4, -0.2) is 34.0 Å². The minimum Gasteiger partial charge on any atom is -0.497 e. The molecule has 0 saturated heterocycles. The molecule has 0 aliphatic heterocycles. The van der Waals surface area contributed by atoms with Crippen LogP contribution in [0.25, 0.3) is 5.82 Å². The van der Waals surface area contributed by atoms with Gasteiger partial charge in [-0.25, -0.2) is 14.6 Å². The quantitative estimate of drug-likeness (QED) is 0.744. The van der Waals surface area contributed by atoms with Gasteiger partial charge in [-0.3, -0.25) is 0 Å². The molecule has 0 aliphatic rings. The number of nitrogens with one attached hydrogen (secondary N) is 1. The lowest BCUT2D eigenvalue weighted by atomic mass is 10.2. The molecule has 2 heterocycles. The smallest absolute Gasteiger partial charge is 0.159 e. The van der Waals surface area contributed by atoms with Gasteiger partial charge in [0.2, 0.25) is 0 Å². The van der Waals surface area contributed by atoms with Gasteiger partial charge in [-0.2, -0.15) is 5.10 Å². The Morgan fingerprint density at radius 2 is 1.88 bits per heavy atom. The second-order valence-electron chi connectivity index (χ2n) is 5.63. The van der Waals surface area contributed by atoms with E-state index in [9.17, 15) is 0 Å². The molecular weight excluding hydrogens is 318 g/mol. The molecule has 3 aromatic rings. The molecule has 0 radical (unpaired) electrons. The lowest BCUT2D eigenvalue weighted by Gasteiger charge is -2.12. The third kappa shape index (κ3) is 3.71. The third-order valence-electron chi connectivity index (χ3n) is 3.83. The summed E-state index contributed by atoms with van der Waals surface area (Å²) in [6.45, 7) is 4.53. The fraction of sp³-hybridized carbons (Fsp3) is 0.278. The number of benzene rings is 1. The number of aromatic nitrogens is 4. The first kappa shape index (κ1) is 16.8. The molecule has 7 heteroatoms. The highest BCUT2D eigenvalue weighted by Crippen LogP contribution is 2.25. The van der Waals surface area contributed by atoms with Gasteiger partial charge in [0.25, 0.3) is 0 Å². The van der Waals surface area contributed by atoms with Crippen molar-refractivity contribution < 1.29 is 9.47 Å². The summed E-state index contributed by atoms with van der Waals surface area (Å²) < 4.78 is 12.4. The number of nitrogens with zero attached hydrogens (tertiary/aromatic N) is 4. The standard InChI is InChI=1S/C18H21N5O2/c1-12-7-13(2)23(22-12)18-9-17(20-11-21-18)19-10-14-5-6-15(24-3)8-16(14)25-4/h5-9,11H,10H2,1-4H3,(H,19,20,21). The van der Waals surface area contributed by atoms with Crippen molar-refractivity contribution in [3.63, 3.8) is 0 Å². The van der Waals surface area contributed by atoms with Crippen molar-refractivity contribution in [3.05, 3.63) is 53.6 Å². The summed E-state index contributed by atoms with van der Waals surface area (Å²) in [5.41, 5.74) is 2.99. The lowest BCUT2D eigenvalue weighted by Crippen LogP contribution is -2.07. The Hall–Kier alpha value is -3.09. The maximum Gasteiger partial charge on any atom is 0.159 e. The van der Waals surface area contributed by atoms with Crippen LogP contribution in [0.5, 0.6) is 11.5 Å². The molecule has 0 fully saturated rings. The summed E-state index contributed by atoms with van der Waals surface area (Å²) in [6.07, 6.45) is 1.53.